The molecule has 0 aliphatic heterocycles. The number of aromatic nitrogens is 2. The number of nitrogens with zero attached hydrogens (tertiary/aromatic N) is 3. The standard InChI is InChI=1S/C25H26N4O2/c1-2-23-27-22-13-7-6-12-21(22)25(28-23)29(18-19-9-4-3-5-10-19)15-14-24(30)26-17-20-11-8-16-31-20/h3-13,16H,2,14-15,17-18H2,1H3,(H,26,30). The predicted molar refractivity (Wildman–Crippen MR) is 122 cm³/mol. The Kier molecular flexibility index (Phi) is 6.57. The van der Waals surface area contributed by atoms with Gasteiger partial charge in [0.25, 0.3) is 0 Å². The molecule has 0 spiro atoms. The van der Waals surface area contributed by atoms with Gasteiger partial charge in [0.2, 0.25) is 5.91 Å². The minimum absolute atomic E-state index is 0.0245. The third kappa shape index (κ3) is 5.28. The average Bonchev–Trinajstić information content (AvgIpc) is 3.34. The highest BCUT2D eigenvalue weighted by Gasteiger charge is 2.16. The summed E-state index contributed by atoms with van der Waals surface area (Å²) in [5, 5.41) is 3.92. The molecule has 0 aliphatic carbocycles. The van der Waals surface area contributed by atoms with Gasteiger partial charge in [-0.3, -0.25) is 4.79 Å². The fourth-order valence-electron chi connectivity index (χ4n) is 3.49. The van der Waals surface area contributed by atoms with E-state index < -0.39 is 0 Å². The van der Waals surface area contributed by atoms with Crippen LogP contribution >= 0.6 is 0 Å². The van der Waals surface area contributed by atoms with E-state index in [-0.39, 0.29) is 5.91 Å². The van der Waals surface area contributed by atoms with Gasteiger partial charge < -0.3 is 14.6 Å². The van der Waals surface area contributed by atoms with Gasteiger partial charge in [-0.15, -0.1) is 0 Å². The zero-order chi connectivity index (χ0) is 21.5. The second-order valence-electron chi connectivity index (χ2n) is 7.35. The molecular formula is C25H26N4O2. The second kappa shape index (κ2) is 9.89. The molecule has 1 amide bonds. The van der Waals surface area contributed by atoms with E-state index in [0.29, 0.717) is 26.1 Å². The molecule has 0 unspecified atom stereocenters. The number of benzene rings is 2. The van der Waals surface area contributed by atoms with Gasteiger partial charge in [-0.2, -0.15) is 0 Å². The van der Waals surface area contributed by atoms with Gasteiger partial charge in [0.15, 0.2) is 0 Å². The number of furan rings is 1. The van der Waals surface area contributed by atoms with Crippen molar-refractivity contribution < 1.29 is 9.21 Å². The number of aryl methyl sites for hydroxylation is 1. The summed E-state index contributed by atoms with van der Waals surface area (Å²) < 4.78 is 5.29. The van der Waals surface area contributed by atoms with Crippen molar-refractivity contribution in [3.8, 4) is 0 Å². The molecule has 0 saturated heterocycles. The minimum Gasteiger partial charge on any atom is -0.467 e. The third-order valence-corrected chi connectivity index (χ3v) is 5.11. The van der Waals surface area contributed by atoms with E-state index in [0.717, 1.165) is 34.7 Å². The van der Waals surface area contributed by atoms with E-state index in [1.54, 1.807) is 6.26 Å². The summed E-state index contributed by atoms with van der Waals surface area (Å²) in [6.45, 7) is 3.65. The highest BCUT2D eigenvalue weighted by Crippen LogP contribution is 2.26. The molecule has 4 aromatic rings. The molecule has 0 bridgehead atoms. The first-order valence-corrected chi connectivity index (χ1v) is 10.6. The Balaban J connectivity index is 1.57. The maximum atomic E-state index is 12.5. The molecule has 2 aromatic heterocycles. The lowest BCUT2D eigenvalue weighted by atomic mass is 10.1. The first-order chi connectivity index (χ1) is 15.2. The molecule has 0 aliphatic rings. The van der Waals surface area contributed by atoms with Gasteiger partial charge in [-0.25, -0.2) is 9.97 Å². The van der Waals surface area contributed by atoms with Gasteiger partial charge >= 0.3 is 0 Å². The zero-order valence-corrected chi connectivity index (χ0v) is 17.6. The highest BCUT2D eigenvalue weighted by atomic mass is 16.3. The van der Waals surface area contributed by atoms with Gasteiger partial charge in [-0.05, 0) is 29.8 Å². The highest BCUT2D eigenvalue weighted by molar-refractivity contribution is 5.89. The van der Waals surface area contributed by atoms with E-state index in [2.05, 4.69) is 34.3 Å². The Hall–Kier alpha value is -3.67. The molecule has 31 heavy (non-hydrogen) atoms. The molecule has 0 fully saturated rings. The zero-order valence-electron chi connectivity index (χ0n) is 17.6. The first kappa shape index (κ1) is 20.6. The maximum Gasteiger partial charge on any atom is 0.222 e. The van der Waals surface area contributed by atoms with Gasteiger partial charge in [-0.1, -0.05) is 49.4 Å². The number of nitrogens with one attached hydrogen (secondary N) is 1. The smallest absolute Gasteiger partial charge is 0.222 e. The van der Waals surface area contributed by atoms with Crippen LogP contribution in [0.15, 0.2) is 77.4 Å². The summed E-state index contributed by atoms with van der Waals surface area (Å²) in [5.41, 5.74) is 2.09. The topological polar surface area (TPSA) is 71.3 Å². The van der Waals surface area contributed by atoms with Crippen LogP contribution in [0.5, 0.6) is 0 Å². The fraction of sp³-hybridized carbons (Fsp3) is 0.240. The van der Waals surface area contributed by atoms with Crippen LogP contribution in [0.25, 0.3) is 10.9 Å². The Morgan fingerprint density at radius 3 is 2.58 bits per heavy atom. The molecule has 0 radical (unpaired) electrons. The third-order valence-electron chi connectivity index (χ3n) is 5.11. The normalized spacial score (nSPS) is 10.9. The number of anilines is 1. The molecule has 2 heterocycles. The lowest BCUT2D eigenvalue weighted by Gasteiger charge is -2.25. The number of para-hydroxylation sites is 1. The van der Waals surface area contributed by atoms with Crippen molar-refractivity contribution in [3.63, 3.8) is 0 Å². The van der Waals surface area contributed by atoms with Crippen molar-refractivity contribution >= 4 is 22.6 Å². The van der Waals surface area contributed by atoms with Crippen LogP contribution in [-0.4, -0.2) is 22.4 Å². The first-order valence-electron chi connectivity index (χ1n) is 10.6. The van der Waals surface area contributed by atoms with Crippen LogP contribution in [-0.2, 0) is 24.3 Å². The summed E-state index contributed by atoms with van der Waals surface area (Å²) >= 11 is 0. The molecule has 0 saturated carbocycles. The van der Waals surface area contributed by atoms with Crippen molar-refractivity contribution in [3.05, 3.63) is 90.1 Å². The van der Waals surface area contributed by atoms with Crippen molar-refractivity contribution in [2.75, 3.05) is 11.4 Å². The molecule has 1 N–H and O–H groups in total. The summed E-state index contributed by atoms with van der Waals surface area (Å²) in [7, 11) is 0. The van der Waals surface area contributed by atoms with E-state index in [4.69, 9.17) is 9.40 Å². The summed E-state index contributed by atoms with van der Waals surface area (Å²) in [6.07, 6.45) is 2.71. The molecule has 158 valence electrons. The number of hydrogen-bond acceptors (Lipinski definition) is 5. The molecule has 2 aromatic carbocycles. The Morgan fingerprint density at radius 1 is 1.00 bits per heavy atom. The molecule has 0 atom stereocenters. The van der Waals surface area contributed by atoms with Crippen LogP contribution < -0.4 is 10.2 Å². The number of carbonyl (C=O) groups is 1. The van der Waals surface area contributed by atoms with Crippen LogP contribution in [0, 0.1) is 0 Å². The van der Waals surface area contributed by atoms with Gasteiger partial charge in [0.1, 0.15) is 17.4 Å². The van der Waals surface area contributed by atoms with Crippen molar-refractivity contribution in [1.29, 1.82) is 0 Å². The van der Waals surface area contributed by atoms with E-state index in [1.165, 1.54) is 5.56 Å². The number of carbonyl (C=O) groups excluding carboxylic acids is 1. The van der Waals surface area contributed by atoms with Crippen molar-refractivity contribution in [2.24, 2.45) is 0 Å². The molecule has 6 nitrogen and oxygen atoms in total. The van der Waals surface area contributed by atoms with E-state index >= 15 is 0 Å². The monoisotopic (exact) mass is 414 g/mol. The van der Waals surface area contributed by atoms with Crippen LogP contribution in [0.3, 0.4) is 0 Å². The number of amides is 1. The summed E-state index contributed by atoms with van der Waals surface area (Å²) in [6, 6.07) is 21.9. The summed E-state index contributed by atoms with van der Waals surface area (Å²) in [4.78, 5) is 24.2. The van der Waals surface area contributed by atoms with Crippen LogP contribution in [0.1, 0.15) is 30.5 Å². The van der Waals surface area contributed by atoms with E-state index in [1.807, 2.05) is 54.6 Å². The lowest BCUT2D eigenvalue weighted by Crippen LogP contribution is -2.31. The molecular weight excluding hydrogens is 388 g/mol. The quantitative estimate of drug-likeness (QED) is 0.437. The van der Waals surface area contributed by atoms with Crippen molar-refractivity contribution in [2.45, 2.75) is 32.9 Å². The van der Waals surface area contributed by atoms with Crippen LogP contribution in [0.4, 0.5) is 5.82 Å². The number of hydrogen-bond donors (Lipinski definition) is 1. The summed E-state index contributed by atoms with van der Waals surface area (Å²) in [5.74, 6) is 2.38. The molecule has 6 heteroatoms. The van der Waals surface area contributed by atoms with Crippen molar-refractivity contribution in [1.82, 2.24) is 15.3 Å². The lowest BCUT2D eigenvalue weighted by molar-refractivity contribution is -0.121. The number of rotatable bonds is 9. The maximum absolute atomic E-state index is 12.5. The predicted octanol–water partition coefficient (Wildman–Crippen LogP) is 4.50. The van der Waals surface area contributed by atoms with Gasteiger partial charge in [0.05, 0.1) is 18.3 Å². The van der Waals surface area contributed by atoms with Gasteiger partial charge in [0, 0.05) is 31.3 Å². The molecule has 4 rings (SSSR count). The SMILES string of the molecule is CCc1nc(N(CCC(=O)NCc2ccco2)Cc2ccccc2)c2ccccc2n1. The Bertz CT molecular complexity index is 1130. The largest absolute Gasteiger partial charge is 0.467 e. The Labute approximate surface area is 181 Å². The fourth-order valence-corrected chi connectivity index (χ4v) is 3.49. The second-order valence-corrected chi connectivity index (χ2v) is 7.35. The van der Waals surface area contributed by atoms with E-state index in [9.17, 15) is 4.79 Å². The Morgan fingerprint density at radius 2 is 1.81 bits per heavy atom. The number of fused-ring (bicyclic) bond motifs is 1. The average molecular weight is 415 g/mol. The van der Waals surface area contributed by atoms with Crippen LogP contribution in [0.2, 0.25) is 0 Å². The minimum atomic E-state index is -0.0245.